The molecule has 0 aromatic heterocycles. The number of carbonyl (C=O) groups is 2. The third-order valence-electron chi connectivity index (χ3n) is 5.41. The molecule has 0 bridgehead atoms. The van der Waals surface area contributed by atoms with Gasteiger partial charge in [-0.2, -0.15) is 0 Å². The van der Waals surface area contributed by atoms with Gasteiger partial charge in [0, 0.05) is 11.8 Å². The van der Waals surface area contributed by atoms with Crippen LogP contribution in [0.4, 0.5) is 11.4 Å². The van der Waals surface area contributed by atoms with Gasteiger partial charge in [-0.1, -0.05) is 29.8 Å². The fourth-order valence-electron chi connectivity index (χ4n) is 3.64. The first-order valence-corrected chi connectivity index (χ1v) is 10.3. The van der Waals surface area contributed by atoms with Crippen molar-refractivity contribution in [3.63, 3.8) is 0 Å². The van der Waals surface area contributed by atoms with Crippen LogP contribution in [0.3, 0.4) is 0 Å². The fourth-order valence-corrected chi connectivity index (χ4v) is 3.64. The number of ether oxygens (including phenoxy) is 3. The molecular formula is C26H24N2O5. The summed E-state index contributed by atoms with van der Waals surface area (Å²) >= 11 is 0. The molecule has 1 heterocycles. The van der Waals surface area contributed by atoms with Crippen molar-refractivity contribution in [3.05, 3.63) is 83.6 Å². The Kier molecular flexibility index (Phi) is 6.04. The zero-order chi connectivity index (χ0) is 23.5. The number of nitrogens with one attached hydrogen (secondary N) is 1. The Morgan fingerprint density at radius 1 is 0.727 bits per heavy atom. The number of hydrogen-bond acceptors (Lipinski definition) is 6. The number of methoxy groups -OCH3 is 3. The number of anilines is 2. The molecule has 0 aliphatic carbocycles. The second kappa shape index (κ2) is 9.08. The Hall–Kier alpha value is -4.26. The van der Waals surface area contributed by atoms with E-state index in [0.717, 1.165) is 10.5 Å². The van der Waals surface area contributed by atoms with Crippen molar-refractivity contribution in [1.29, 1.82) is 0 Å². The van der Waals surface area contributed by atoms with E-state index < -0.39 is 11.8 Å². The Balaban J connectivity index is 1.81. The standard InChI is InChI=1S/C26H24N2O5/c1-16-5-7-17(8-6-16)23-24(27-18-9-11-19(31-2)12-10-18)26(30)28(25(23)29)21-14-13-20(32-3)15-22(21)33-4/h5-15,27H,1-4H3. The van der Waals surface area contributed by atoms with E-state index in [1.54, 1.807) is 49.6 Å². The molecule has 1 N–H and O–H groups in total. The van der Waals surface area contributed by atoms with Gasteiger partial charge in [-0.3, -0.25) is 9.59 Å². The highest BCUT2D eigenvalue weighted by molar-refractivity contribution is 6.46. The third kappa shape index (κ3) is 4.13. The predicted octanol–water partition coefficient (Wildman–Crippen LogP) is 4.42. The number of aryl methyl sites for hydroxylation is 1. The van der Waals surface area contributed by atoms with Crippen molar-refractivity contribution in [2.75, 3.05) is 31.5 Å². The van der Waals surface area contributed by atoms with Gasteiger partial charge in [0.2, 0.25) is 0 Å². The molecule has 2 amide bonds. The molecule has 33 heavy (non-hydrogen) atoms. The molecule has 7 nitrogen and oxygen atoms in total. The quantitative estimate of drug-likeness (QED) is 0.544. The summed E-state index contributed by atoms with van der Waals surface area (Å²) in [6.45, 7) is 1.96. The topological polar surface area (TPSA) is 77.1 Å². The fraction of sp³-hybridized carbons (Fsp3) is 0.154. The lowest BCUT2D eigenvalue weighted by Gasteiger charge is -2.19. The summed E-state index contributed by atoms with van der Waals surface area (Å²) in [6, 6.07) is 19.6. The molecule has 3 aromatic carbocycles. The lowest BCUT2D eigenvalue weighted by atomic mass is 10.0. The Labute approximate surface area is 192 Å². The summed E-state index contributed by atoms with van der Waals surface area (Å²) in [5.74, 6) is 0.674. The van der Waals surface area contributed by atoms with Gasteiger partial charge in [-0.25, -0.2) is 4.90 Å². The minimum atomic E-state index is -0.477. The van der Waals surface area contributed by atoms with Gasteiger partial charge >= 0.3 is 0 Å². The number of nitrogens with zero attached hydrogens (tertiary/aromatic N) is 1. The van der Waals surface area contributed by atoms with E-state index in [0.29, 0.717) is 34.2 Å². The highest BCUT2D eigenvalue weighted by Gasteiger charge is 2.41. The Morgan fingerprint density at radius 3 is 1.97 bits per heavy atom. The second-order valence-corrected chi connectivity index (χ2v) is 7.45. The smallest absolute Gasteiger partial charge is 0.282 e. The summed E-state index contributed by atoms with van der Waals surface area (Å²) in [5, 5.41) is 3.14. The van der Waals surface area contributed by atoms with Gasteiger partial charge in [-0.05, 0) is 48.9 Å². The van der Waals surface area contributed by atoms with Crippen molar-refractivity contribution in [1.82, 2.24) is 0 Å². The van der Waals surface area contributed by atoms with E-state index in [1.807, 2.05) is 31.2 Å². The first-order chi connectivity index (χ1) is 16.0. The molecule has 0 atom stereocenters. The SMILES string of the molecule is COc1ccc(NC2=C(c3ccc(C)cc3)C(=O)N(c3ccc(OC)cc3OC)C2=O)cc1. The maximum absolute atomic E-state index is 13.6. The summed E-state index contributed by atoms with van der Waals surface area (Å²) in [5.41, 5.74) is 3.16. The van der Waals surface area contributed by atoms with Crippen LogP contribution in [0, 0.1) is 6.92 Å². The molecule has 4 rings (SSSR count). The van der Waals surface area contributed by atoms with Crippen LogP contribution in [-0.4, -0.2) is 33.1 Å². The first-order valence-electron chi connectivity index (χ1n) is 10.3. The van der Waals surface area contributed by atoms with Gasteiger partial charge in [-0.15, -0.1) is 0 Å². The van der Waals surface area contributed by atoms with E-state index in [4.69, 9.17) is 14.2 Å². The number of benzene rings is 3. The van der Waals surface area contributed by atoms with E-state index in [2.05, 4.69) is 5.32 Å². The van der Waals surface area contributed by atoms with E-state index in [9.17, 15) is 9.59 Å². The summed E-state index contributed by atoms with van der Waals surface area (Å²) in [7, 11) is 4.60. The van der Waals surface area contributed by atoms with Crippen LogP contribution in [0.5, 0.6) is 17.2 Å². The Morgan fingerprint density at radius 2 is 1.36 bits per heavy atom. The molecule has 0 saturated heterocycles. The lowest BCUT2D eigenvalue weighted by molar-refractivity contribution is -0.120. The maximum Gasteiger partial charge on any atom is 0.282 e. The molecule has 1 aliphatic heterocycles. The van der Waals surface area contributed by atoms with Crippen LogP contribution in [0.2, 0.25) is 0 Å². The van der Waals surface area contributed by atoms with E-state index in [1.165, 1.54) is 14.2 Å². The van der Waals surface area contributed by atoms with Crippen molar-refractivity contribution < 1.29 is 23.8 Å². The van der Waals surface area contributed by atoms with Crippen LogP contribution in [0.15, 0.2) is 72.4 Å². The van der Waals surface area contributed by atoms with Crippen LogP contribution >= 0.6 is 0 Å². The molecule has 0 saturated carbocycles. The van der Waals surface area contributed by atoms with Crippen LogP contribution in [-0.2, 0) is 9.59 Å². The van der Waals surface area contributed by atoms with Crippen LogP contribution < -0.4 is 24.4 Å². The van der Waals surface area contributed by atoms with Crippen molar-refractivity contribution in [3.8, 4) is 17.2 Å². The van der Waals surface area contributed by atoms with E-state index >= 15 is 0 Å². The average Bonchev–Trinajstić information content (AvgIpc) is 3.08. The predicted molar refractivity (Wildman–Crippen MR) is 127 cm³/mol. The second-order valence-electron chi connectivity index (χ2n) is 7.45. The van der Waals surface area contributed by atoms with Crippen molar-refractivity contribution in [2.24, 2.45) is 0 Å². The Bertz CT molecular complexity index is 1230. The number of rotatable bonds is 7. The average molecular weight is 444 g/mol. The largest absolute Gasteiger partial charge is 0.497 e. The number of carbonyl (C=O) groups excluding carboxylic acids is 2. The molecule has 0 unspecified atom stereocenters. The molecule has 3 aromatic rings. The molecule has 7 heteroatoms. The van der Waals surface area contributed by atoms with Crippen LogP contribution in [0.1, 0.15) is 11.1 Å². The minimum Gasteiger partial charge on any atom is -0.497 e. The highest BCUT2D eigenvalue weighted by atomic mass is 16.5. The minimum absolute atomic E-state index is 0.187. The van der Waals surface area contributed by atoms with Crippen LogP contribution in [0.25, 0.3) is 5.57 Å². The zero-order valence-corrected chi connectivity index (χ0v) is 18.8. The number of imide groups is 1. The first kappa shape index (κ1) is 22.0. The molecule has 0 fully saturated rings. The summed E-state index contributed by atoms with van der Waals surface area (Å²) < 4.78 is 15.9. The van der Waals surface area contributed by atoms with Gasteiger partial charge in [0.15, 0.2) is 0 Å². The monoisotopic (exact) mass is 444 g/mol. The van der Waals surface area contributed by atoms with Crippen molar-refractivity contribution >= 4 is 28.8 Å². The normalized spacial score (nSPS) is 13.4. The number of amides is 2. The molecule has 0 radical (unpaired) electrons. The zero-order valence-electron chi connectivity index (χ0n) is 18.8. The van der Waals surface area contributed by atoms with Crippen molar-refractivity contribution in [2.45, 2.75) is 6.92 Å². The third-order valence-corrected chi connectivity index (χ3v) is 5.41. The van der Waals surface area contributed by atoms with Gasteiger partial charge < -0.3 is 19.5 Å². The number of hydrogen-bond donors (Lipinski definition) is 1. The lowest BCUT2D eigenvalue weighted by Crippen LogP contribution is -2.32. The van der Waals surface area contributed by atoms with E-state index in [-0.39, 0.29) is 11.3 Å². The molecule has 168 valence electrons. The summed E-state index contributed by atoms with van der Waals surface area (Å²) in [6.07, 6.45) is 0. The maximum atomic E-state index is 13.6. The summed E-state index contributed by atoms with van der Waals surface area (Å²) in [4.78, 5) is 28.3. The van der Waals surface area contributed by atoms with Gasteiger partial charge in [0.05, 0.1) is 32.6 Å². The van der Waals surface area contributed by atoms with Gasteiger partial charge in [0.1, 0.15) is 22.9 Å². The molecule has 0 spiro atoms. The highest BCUT2D eigenvalue weighted by Crippen LogP contribution is 2.39. The molecular weight excluding hydrogens is 420 g/mol. The molecule has 1 aliphatic rings. The van der Waals surface area contributed by atoms with Gasteiger partial charge in [0.25, 0.3) is 11.8 Å².